The van der Waals surface area contributed by atoms with Crippen molar-refractivity contribution in [2.45, 2.75) is 25.7 Å². The molecule has 72 valence electrons. The summed E-state index contributed by atoms with van der Waals surface area (Å²) in [6.45, 7) is 0. The Morgan fingerprint density at radius 1 is 1.29 bits per heavy atom. The minimum absolute atomic E-state index is 0.400. The minimum Gasteiger partial charge on any atom is -0.295 e. The maximum atomic E-state index is 11.7. The molecule has 0 aromatic rings. The molecule has 3 rings (SSSR count). The molecule has 0 aromatic carbocycles. The lowest BCUT2D eigenvalue weighted by Gasteiger charge is -2.26. The first-order valence-electron chi connectivity index (χ1n) is 5.48. The summed E-state index contributed by atoms with van der Waals surface area (Å²) >= 11 is 0. The lowest BCUT2D eigenvalue weighted by atomic mass is 9.77. The third-order valence-corrected chi connectivity index (χ3v) is 3.69. The second-order valence-electron chi connectivity index (χ2n) is 4.46. The monoisotopic (exact) mass is 186 g/mol. The Kier molecular flexibility index (Phi) is 1.73. The van der Waals surface area contributed by atoms with Crippen molar-refractivity contribution >= 4 is 5.78 Å². The molecule has 3 aliphatic carbocycles. The van der Waals surface area contributed by atoms with E-state index in [0.717, 1.165) is 24.8 Å². The molecule has 1 fully saturated rings. The van der Waals surface area contributed by atoms with Crippen molar-refractivity contribution in [3.8, 4) is 0 Å². The van der Waals surface area contributed by atoms with Crippen molar-refractivity contribution in [3.63, 3.8) is 0 Å². The lowest BCUT2D eigenvalue weighted by Crippen LogP contribution is -2.21. The molecule has 0 N–H and O–H groups in total. The van der Waals surface area contributed by atoms with Crippen LogP contribution in [0.5, 0.6) is 0 Å². The van der Waals surface area contributed by atoms with E-state index in [2.05, 4.69) is 24.3 Å². The third-order valence-electron chi connectivity index (χ3n) is 3.69. The number of hydrogen-bond donors (Lipinski definition) is 0. The summed E-state index contributed by atoms with van der Waals surface area (Å²) in [6, 6.07) is 0. The summed E-state index contributed by atoms with van der Waals surface area (Å²) in [5, 5.41) is 0. The summed E-state index contributed by atoms with van der Waals surface area (Å²) in [5.74, 6) is 1.57. The Hall–Kier alpha value is -1.11. The molecule has 1 saturated carbocycles. The van der Waals surface area contributed by atoms with Crippen LogP contribution in [-0.4, -0.2) is 5.78 Å². The molecule has 1 nitrogen and oxygen atoms in total. The highest BCUT2D eigenvalue weighted by atomic mass is 16.1. The molecule has 0 spiro atoms. The molecule has 3 aliphatic rings. The van der Waals surface area contributed by atoms with Crippen LogP contribution < -0.4 is 0 Å². The fourth-order valence-corrected chi connectivity index (χ4v) is 2.99. The number of rotatable bonds is 0. The maximum absolute atomic E-state index is 11.7. The van der Waals surface area contributed by atoms with Gasteiger partial charge in [-0.05, 0) is 42.2 Å². The van der Waals surface area contributed by atoms with E-state index in [4.69, 9.17) is 0 Å². The number of ketones is 1. The van der Waals surface area contributed by atoms with Crippen LogP contribution in [0.3, 0.4) is 0 Å². The highest BCUT2D eigenvalue weighted by molar-refractivity contribution is 5.98. The van der Waals surface area contributed by atoms with Gasteiger partial charge in [0.1, 0.15) is 0 Å². The van der Waals surface area contributed by atoms with Crippen LogP contribution in [-0.2, 0) is 4.79 Å². The van der Waals surface area contributed by atoms with E-state index in [9.17, 15) is 4.79 Å². The Bertz CT molecular complexity index is 371. The number of fused-ring (bicyclic) bond motifs is 3. The van der Waals surface area contributed by atoms with Crippen LogP contribution in [0.1, 0.15) is 25.7 Å². The van der Waals surface area contributed by atoms with Gasteiger partial charge >= 0.3 is 0 Å². The molecule has 0 bridgehead atoms. The molecule has 0 aromatic heterocycles. The molecule has 0 amide bonds. The summed E-state index contributed by atoms with van der Waals surface area (Å²) in [5.41, 5.74) is 2.51. The van der Waals surface area contributed by atoms with Gasteiger partial charge in [0, 0.05) is 6.42 Å². The van der Waals surface area contributed by atoms with Gasteiger partial charge in [0.15, 0.2) is 5.78 Å². The van der Waals surface area contributed by atoms with E-state index in [0.29, 0.717) is 17.6 Å². The minimum atomic E-state index is 0.400. The Labute approximate surface area is 84.2 Å². The summed E-state index contributed by atoms with van der Waals surface area (Å²) in [4.78, 5) is 11.7. The highest BCUT2D eigenvalue weighted by Crippen LogP contribution is 2.45. The van der Waals surface area contributed by atoms with Gasteiger partial charge in [-0.2, -0.15) is 0 Å². The SMILES string of the molecule is O=C1CCCC2C1=CC1=CC=CCC12. The van der Waals surface area contributed by atoms with Gasteiger partial charge in [-0.3, -0.25) is 4.79 Å². The molecule has 14 heavy (non-hydrogen) atoms. The predicted octanol–water partition coefficient (Wildman–Crippen LogP) is 2.80. The number of carbonyl (C=O) groups excluding carboxylic acids is 1. The van der Waals surface area contributed by atoms with Crippen molar-refractivity contribution in [3.05, 3.63) is 35.5 Å². The molecular formula is C13H14O. The Morgan fingerprint density at radius 3 is 3.14 bits per heavy atom. The zero-order chi connectivity index (χ0) is 9.54. The maximum Gasteiger partial charge on any atom is 0.159 e. The number of Topliss-reactive ketones (excluding diaryl/α,β-unsaturated/α-hetero) is 1. The second kappa shape index (κ2) is 2.94. The molecule has 0 aliphatic heterocycles. The zero-order valence-electron chi connectivity index (χ0n) is 8.20. The smallest absolute Gasteiger partial charge is 0.159 e. The fourth-order valence-electron chi connectivity index (χ4n) is 2.99. The van der Waals surface area contributed by atoms with Crippen LogP contribution in [0.25, 0.3) is 0 Å². The normalized spacial score (nSPS) is 34.7. The topological polar surface area (TPSA) is 17.1 Å². The largest absolute Gasteiger partial charge is 0.295 e. The first kappa shape index (κ1) is 8.22. The number of hydrogen-bond acceptors (Lipinski definition) is 1. The Morgan fingerprint density at radius 2 is 2.21 bits per heavy atom. The standard InChI is InChI=1S/C13H14O/c14-13-7-3-6-11-10-5-2-1-4-9(10)8-12(11)13/h1-2,4,8,10-11H,3,5-7H2. The van der Waals surface area contributed by atoms with Crippen molar-refractivity contribution in [2.24, 2.45) is 11.8 Å². The summed E-state index contributed by atoms with van der Waals surface area (Å²) in [7, 11) is 0. The summed E-state index contributed by atoms with van der Waals surface area (Å²) in [6.07, 6.45) is 12.9. The Balaban J connectivity index is 2.01. The quantitative estimate of drug-likeness (QED) is 0.568. The van der Waals surface area contributed by atoms with Crippen molar-refractivity contribution < 1.29 is 4.79 Å². The van der Waals surface area contributed by atoms with Gasteiger partial charge in [-0.25, -0.2) is 0 Å². The first-order chi connectivity index (χ1) is 6.86. The van der Waals surface area contributed by atoms with E-state index in [-0.39, 0.29) is 0 Å². The number of allylic oxidation sites excluding steroid dienone is 6. The lowest BCUT2D eigenvalue weighted by molar-refractivity contribution is -0.117. The van der Waals surface area contributed by atoms with Crippen LogP contribution in [0.15, 0.2) is 35.5 Å². The van der Waals surface area contributed by atoms with Crippen molar-refractivity contribution in [1.82, 2.24) is 0 Å². The van der Waals surface area contributed by atoms with Gasteiger partial charge in [0.2, 0.25) is 0 Å². The molecule has 2 atom stereocenters. The van der Waals surface area contributed by atoms with Crippen LogP contribution in [0.2, 0.25) is 0 Å². The third kappa shape index (κ3) is 1.05. The molecule has 1 heteroatoms. The zero-order valence-corrected chi connectivity index (χ0v) is 8.20. The van der Waals surface area contributed by atoms with Crippen molar-refractivity contribution in [2.75, 3.05) is 0 Å². The first-order valence-corrected chi connectivity index (χ1v) is 5.48. The van der Waals surface area contributed by atoms with E-state index in [1.54, 1.807) is 0 Å². The van der Waals surface area contributed by atoms with Gasteiger partial charge in [-0.15, -0.1) is 0 Å². The molecule has 0 radical (unpaired) electrons. The molecule has 0 heterocycles. The number of carbonyl (C=O) groups is 1. The average molecular weight is 186 g/mol. The highest BCUT2D eigenvalue weighted by Gasteiger charge is 2.37. The summed E-state index contributed by atoms with van der Waals surface area (Å²) < 4.78 is 0. The van der Waals surface area contributed by atoms with Gasteiger partial charge in [0.05, 0.1) is 0 Å². The fraction of sp³-hybridized carbons (Fsp3) is 0.462. The van der Waals surface area contributed by atoms with Gasteiger partial charge < -0.3 is 0 Å². The van der Waals surface area contributed by atoms with Crippen LogP contribution in [0.4, 0.5) is 0 Å². The van der Waals surface area contributed by atoms with E-state index < -0.39 is 0 Å². The van der Waals surface area contributed by atoms with E-state index in [1.807, 2.05) is 0 Å². The van der Waals surface area contributed by atoms with Crippen LogP contribution >= 0.6 is 0 Å². The van der Waals surface area contributed by atoms with Crippen molar-refractivity contribution in [1.29, 1.82) is 0 Å². The molecule has 0 saturated heterocycles. The van der Waals surface area contributed by atoms with Gasteiger partial charge in [-0.1, -0.05) is 24.3 Å². The molecular weight excluding hydrogens is 172 g/mol. The second-order valence-corrected chi connectivity index (χ2v) is 4.46. The van der Waals surface area contributed by atoms with Crippen LogP contribution in [0, 0.1) is 11.8 Å². The van der Waals surface area contributed by atoms with E-state index in [1.165, 1.54) is 12.0 Å². The van der Waals surface area contributed by atoms with Gasteiger partial charge in [0.25, 0.3) is 0 Å². The van der Waals surface area contributed by atoms with E-state index >= 15 is 0 Å². The predicted molar refractivity (Wildman–Crippen MR) is 55.8 cm³/mol. The average Bonchev–Trinajstić information content (AvgIpc) is 2.59. The molecule has 2 unspecified atom stereocenters.